The molecule has 16 aromatic carbocycles. The van der Waals surface area contributed by atoms with E-state index in [1.54, 1.807) is 0 Å². The molecule has 0 unspecified atom stereocenters. The largest absolute Gasteiger partial charge is 0.310 e. The Morgan fingerprint density at radius 1 is 0.179 bits per heavy atom. The second-order valence-electron chi connectivity index (χ2n) is 30.9. The molecule has 0 fully saturated rings. The van der Waals surface area contributed by atoms with Gasteiger partial charge in [-0.3, -0.25) is 0 Å². The van der Waals surface area contributed by atoms with Crippen LogP contribution < -0.4 is 9.80 Å². The molecule has 6 aliphatic rings. The van der Waals surface area contributed by atoms with Crippen LogP contribution in [0.15, 0.2) is 364 Å². The van der Waals surface area contributed by atoms with Crippen molar-refractivity contribution in [2.24, 2.45) is 0 Å². The molecule has 2 spiro atoms. The second-order valence-corrected chi connectivity index (χ2v) is 30.9. The average Bonchev–Trinajstić information content (AvgIpc) is 1.51. The lowest BCUT2D eigenvalue weighted by Gasteiger charge is -2.36. The van der Waals surface area contributed by atoms with Crippen LogP contribution in [0, 0.1) is 0 Å². The number of rotatable bonds is 9. The van der Waals surface area contributed by atoms with Gasteiger partial charge in [0.15, 0.2) is 0 Å². The summed E-state index contributed by atoms with van der Waals surface area (Å²) in [5.41, 5.74) is 43.9. The Morgan fingerprint density at radius 3 is 1.08 bits per heavy atom. The summed E-state index contributed by atoms with van der Waals surface area (Å²) in [4.78, 5) is 5.12. The zero-order valence-electron chi connectivity index (χ0n) is 59.5. The first-order valence-corrected chi connectivity index (χ1v) is 37.5. The third-order valence-corrected chi connectivity index (χ3v) is 25.1. The average molecular weight is 1350 g/mol. The number of fused-ring (bicyclic) bond motifs is 26. The van der Waals surface area contributed by atoms with Crippen LogP contribution in [0.3, 0.4) is 0 Å². The van der Waals surface area contributed by atoms with Crippen LogP contribution in [-0.2, 0) is 21.7 Å². The Hall–Kier alpha value is -12.9. The summed E-state index contributed by atoms with van der Waals surface area (Å²) in [6.07, 6.45) is 0. The van der Waals surface area contributed by atoms with Crippen LogP contribution in [-0.4, -0.2) is 0 Å². The molecular weight excluding hydrogens is 1280 g/mol. The lowest BCUT2D eigenvalue weighted by molar-refractivity contribution is 0.660. The highest BCUT2D eigenvalue weighted by atomic mass is 15.2. The molecular formula is C104H72N2. The van der Waals surface area contributed by atoms with Crippen LogP contribution in [0.2, 0.25) is 0 Å². The van der Waals surface area contributed by atoms with Crippen molar-refractivity contribution >= 4 is 34.1 Å². The molecule has 0 aromatic heterocycles. The minimum absolute atomic E-state index is 0.196. The molecule has 0 saturated carbocycles. The first-order chi connectivity index (χ1) is 52.1. The van der Waals surface area contributed by atoms with Gasteiger partial charge < -0.3 is 9.80 Å². The van der Waals surface area contributed by atoms with Gasteiger partial charge in [-0.15, -0.1) is 0 Å². The van der Waals surface area contributed by atoms with E-state index in [9.17, 15) is 0 Å². The molecule has 0 amide bonds. The maximum Gasteiger partial charge on any atom is 0.0746 e. The summed E-state index contributed by atoms with van der Waals surface area (Å²) in [7, 11) is 0. The van der Waals surface area contributed by atoms with Crippen molar-refractivity contribution in [3.63, 3.8) is 0 Å². The number of hydrogen-bond acceptors (Lipinski definition) is 2. The van der Waals surface area contributed by atoms with Crippen molar-refractivity contribution in [1.82, 2.24) is 0 Å². The topological polar surface area (TPSA) is 6.48 Å². The van der Waals surface area contributed by atoms with Gasteiger partial charge in [-0.05, 0) is 223 Å². The standard InChI is InChI=1S/C104H72N2/c1-101(2)86-40-15-8-30-75(86)81-60-58-73(63-94(81)101)106(97-49-24-39-84-80-35-13-20-45-91(80)104(100(84)97)89-43-18-11-33-78(89)79-34-12-19-44-90(79)104)71-56-52-67(53-57-71)68-28-22-29-69(62-68)74-37-23-38-83-82-61-59-72(64-95(82)102(3,4)99(74)83)105(70-54-50-66(51-55-70)65-26-6-5-7-27-65)96-48-25-47-93-98(96)85-36-14-21-46-92(85)103(93)87-41-16-9-31-76(87)77-32-10-17-42-88(77)103/h5-64H,1-4H3. The summed E-state index contributed by atoms with van der Waals surface area (Å²) >= 11 is 0. The number of hydrogen-bond donors (Lipinski definition) is 0. The van der Waals surface area contributed by atoms with Gasteiger partial charge in [0.1, 0.15) is 0 Å². The van der Waals surface area contributed by atoms with Crippen molar-refractivity contribution in [2.75, 3.05) is 9.80 Å². The van der Waals surface area contributed by atoms with Crippen LogP contribution in [0.1, 0.15) is 94.5 Å². The van der Waals surface area contributed by atoms with E-state index in [0.717, 1.165) is 34.0 Å². The molecule has 22 rings (SSSR count). The van der Waals surface area contributed by atoms with E-state index >= 15 is 0 Å². The van der Waals surface area contributed by atoms with Crippen LogP contribution >= 0.6 is 0 Å². The molecule has 2 nitrogen and oxygen atoms in total. The summed E-state index contributed by atoms with van der Waals surface area (Å²) in [5, 5.41) is 0. The molecule has 0 saturated heterocycles. The highest BCUT2D eigenvalue weighted by molar-refractivity contribution is 6.04. The minimum Gasteiger partial charge on any atom is -0.310 e. The monoisotopic (exact) mass is 1350 g/mol. The molecule has 498 valence electrons. The summed E-state index contributed by atoms with van der Waals surface area (Å²) in [5.74, 6) is 0. The second kappa shape index (κ2) is 22.3. The zero-order chi connectivity index (χ0) is 70.4. The Labute approximate surface area is 620 Å². The van der Waals surface area contributed by atoms with Crippen molar-refractivity contribution < 1.29 is 0 Å². The summed E-state index contributed by atoms with van der Waals surface area (Å²) in [6, 6.07) is 138. The third kappa shape index (κ3) is 8.11. The SMILES string of the molecule is CC1(C)c2ccccc2-c2ccc(N(c3ccc(-c4cccc(-c5cccc6c5C(C)(C)c5cc(N(c7ccc(-c8ccccc8)cc7)c7cccc8c7-c7ccccc7C87c8ccccc8-c8ccccc87)ccc5-6)c4)cc3)c3cccc4c3C3(c5ccccc5-c5ccccc53)c3ccccc3-4)cc21. The molecule has 2 heteroatoms. The normalized spacial score (nSPS) is 14.7. The quantitative estimate of drug-likeness (QED) is 0.142. The van der Waals surface area contributed by atoms with Gasteiger partial charge in [0.25, 0.3) is 0 Å². The van der Waals surface area contributed by atoms with E-state index in [1.807, 2.05) is 0 Å². The van der Waals surface area contributed by atoms with Gasteiger partial charge in [0.05, 0.1) is 22.2 Å². The fraction of sp³-hybridized carbons (Fsp3) is 0.0769. The smallest absolute Gasteiger partial charge is 0.0746 e. The van der Waals surface area contributed by atoms with Crippen LogP contribution in [0.4, 0.5) is 34.1 Å². The fourth-order valence-electron chi connectivity index (χ4n) is 20.7. The zero-order valence-corrected chi connectivity index (χ0v) is 59.5. The van der Waals surface area contributed by atoms with E-state index in [1.165, 1.54) is 167 Å². The molecule has 16 aromatic rings. The molecule has 0 N–H and O–H groups in total. The summed E-state index contributed by atoms with van der Waals surface area (Å²) < 4.78 is 0. The van der Waals surface area contributed by atoms with E-state index in [2.05, 4.69) is 401 Å². The van der Waals surface area contributed by atoms with Crippen LogP contribution in [0.25, 0.3) is 100 Å². The van der Waals surface area contributed by atoms with Gasteiger partial charge in [-0.25, -0.2) is 0 Å². The van der Waals surface area contributed by atoms with Crippen molar-refractivity contribution in [3.8, 4) is 100 Å². The Balaban J connectivity index is 0.660. The highest BCUT2D eigenvalue weighted by Gasteiger charge is 2.55. The predicted molar refractivity (Wildman–Crippen MR) is 440 cm³/mol. The molecule has 0 bridgehead atoms. The maximum absolute atomic E-state index is 2.57. The van der Waals surface area contributed by atoms with E-state index in [4.69, 9.17) is 0 Å². The fourth-order valence-corrected chi connectivity index (χ4v) is 20.7. The number of anilines is 6. The lowest BCUT2D eigenvalue weighted by atomic mass is 9.70. The maximum atomic E-state index is 2.57. The van der Waals surface area contributed by atoms with Crippen LogP contribution in [0.5, 0.6) is 0 Å². The van der Waals surface area contributed by atoms with Crippen molar-refractivity contribution in [3.05, 3.63) is 431 Å². The Kier molecular flexibility index (Phi) is 12.8. The summed E-state index contributed by atoms with van der Waals surface area (Å²) in [6.45, 7) is 9.68. The molecule has 6 aliphatic carbocycles. The van der Waals surface area contributed by atoms with Crippen molar-refractivity contribution in [1.29, 1.82) is 0 Å². The first-order valence-electron chi connectivity index (χ1n) is 37.5. The molecule has 0 aliphatic heterocycles. The van der Waals surface area contributed by atoms with Gasteiger partial charge in [0.2, 0.25) is 0 Å². The van der Waals surface area contributed by atoms with E-state index in [0.29, 0.717) is 0 Å². The lowest BCUT2D eigenvalue weighted by Crippen LogP contribution is -2.28. The Bertz CT molecular complexity index is 6290. The van der Waals surface area contributed by atoms with Gasteiger partial charge >= 0.3 is 0 Å². The van der Waals surface area contributed by atoms with Gasteiger partial charge in [-0.1, -0.05) is 325 Å². The van der Waals surface area contributed by atoms with Crippen molar-refractivity contribution in [2.45, 2.75) is 49.4 Å². The highest BCUT2D eigenvalue weighted by Crippen LogP contribution is 2.68. The third-order valence-electron chi connectivity index (χ3n) is 25.1. The minimum atomic E-state index is -0.551. The molecule has 0 atom stereocenters. The first kappa shape index (κ1) is 60.7. The Morgan fingerprint density at radius 2 is 0.509 bits per heavy atom. The van der Waals surface area contributed by atoms with Gasteiger partial charge in [0, 0.05) is 44.7 Å². The molecule has 106 heavy (non-hydrogen) atoms. The molecule has 0 radical (unpaired) electrons. The van der Waals surface area contributed by atoms with E-state index < -0.39 is 10.8 Å². The number of benzene rings is 16. The molecule has 0 heterocycles. The van der Waals surface area contributed by atoms with Gasteiger partial charge in [-0.2, -0.15) is 0 Å². The van der Waals surface area contributed by atoms with E-state index in [-0.39, 0.29) is 10.8 Å². The number of nitrogens with zero attached hydrogens (tertiary/aromatic N) is 2. The predicted octanol–water partition coefficient (Wildman–Crippen LogP) is 26.9.